The molecule has 2 aromatic carbocycles. The first kappa shape index (κ1) is 14.3. The van der Waals surface area contributed by atoms with Crippen LogP contribution in [0.25, 0.3) is 11.0 Å². The van der Waals surface area contributed by atoms with E-state index in [1.54, 1.807) is 4.68 Å². The summed E-state index contributed by atoms with van der Waals surface area (Å²) in [6.07, 6.45) is -0.644. The van der Waals surface area contributed by atoms with Crippen molar-refractivity contribution in [2.75, 3.05) is 6.61 Å². The second-order valence-electron chi connectivity index (χ2n) is 4.68. The van der Waals surface area contributed by atoms with E-state index in [2.05, 4.69) is 32.9 Å². The topological polar surface area (TPSA) is 60.2 Å². The molecule has 0 unspecified atom stereocenters. The van der Waals surface area contributed by atoms with Crippen molar-refractivity contribution in [1.82, 2.24) is 15.0 Å². The van der Waals surface area contributed by atoms with Gasteiger partial charge in [0.1, 0.15) is 24.0 Å². The third-order valence-corrected chi connectivity index (χ3v) is 3.78. The van der Waals surface area contributed by atoms with Gasteiger partial charge >= 0.3 is 0 Å². The van der Waals surface area contributed by atoms with Gasteiger partial charge in [-0.05, 0) is 59.0 Å². The van der Waals surface area contributed by atoms with E-state index in [0.717, 1.165) is 20.4 Å². The zero-order valence-electron chi connectivity index (χ0n) is 11.2. The quantitative estimate of drug-likeness (QED) is 0.675. The Hall–Kier alpha value is -1.67. The number of hydrogen-bond acceptors (Lipinski definition) is 4. The molecule has 5 nitrogen and oxygen atoms in total. The van der Waals surface area contributed by atoms with E-state index in [0.29, 0.717) is 6.54 Å². The van der Waals surface area contributed by atoms with Crippen LogP contribution in [0.5, 0.6) is 5.75 Å². The summed E-state index contributed by atoms with van der Waals surface area (Å²) in [7, 11) is 0. The number of halogens is 1. The molecule has 21 heavy (non-hydrogen) atoms. The standard InChI is InChI=1S/C15H14IN3O2/c16-11-5-7-13(8-6-11)21-10-12(20)9-19-15-4-2-1-3-14(15)17-18-19/h1-8,12,20H,9-10H2/t12-/m0/s1. The number of hydrogen-bond donors (Lipinski definition) is 1. The summed E-state index contributed by atoms with van der Waals surface area (Å²) in [6.45, 7) is 0.569. The molecular formula is C15H14IN3O2. The van der Waals surface area contributed by atoms with Crippen molar-refractivity contribution in [2.24, 2.45) is 0 Å². The molecule has 0 saturated heterocycles. The van der Waals surface area contributed by atoms with Crippen LogP contribution in [0.1, 0.15) is 0 Å². The molecular weight excluding hydrogens is 381 g/mol. The summed E-state index contributed by atoms with van der Waals surface area (Å²) in [5, 5.41) is 18.2. The van der Waals surface area contributed by atoms with Gasteiger partial charge < -0.3 is 9.84 Å². The van der Waals surface area contributed by atoms with Crippen molar-refractivity contribution >= 4 is 33.6 Å². The summed E-state index contributed by atoms with van der Waals surface area (Å²) in [6, 6.07) is 15.4. The molecule has 3 rings (SSSR count). The highest BCUT2D eigenvalue weighted by Crippen LogP contribution is 2.14. The highest BCUT2D eigenvalue weighted by Gasteiger charge is 2.10. The second kappa shape index (κ2) is 6.40. The highest BCUT2D eigenvalue weighted by atomic mass is 127. The van der Waals surface area contributed by atoms with Crippen molar-refractivity contribution in [1.29, 1.82) is 0 Å². The van der Waals surface area contributed by atoms with E-state index in [1.165, 1.54) is 0 Å². The molecule has 0 amide bonds. The SMILES string of the molecule is O[C@H](COc1ccc(I)cc1)Cn1nnc2ccccc21. The summed E-state index contributed by atoms with van der Waals surface area (Å²) in [5.41, 5.74) is 1.73. The Labute approximate surface area is 135 Å². The fourth-order valence-electron chi connectivity index (χ4n) is 2.03. The van der Waals surface area contributed by atoms with Crippen LogP contribution in [0.2, 0.25) is 0 Å². The molecule has 0 bridgehead atoms. The fraction of sp³-hybridized carbons (Fsp3) is 0.200. The molecule has 1 heterocycles. The fourth-order valence-corrected chi connectivity index (χ4v) is 2.39. The van der Waals surface area contributed by atoms with E-state index in [4.69, 9.17) is 4.74 Å². The van der Waals surface area contributed by atoms with E-state index in [1.807, 2.05) is 48.5 Å². The van der Waals surface area contributed by atoms with Crippen molar-refractivity contribution in [3.63, 3.8) is 0 Å². The normalized spacial score (nSPS) is 12.5. The molecule has 6 heteroatoms. The molecule has 0 aliphatic rings. The third-order valence-electron chi connectivity index (χ3n) is 3.06. The number of aromatic nitrogens is 3. The van der Waals surface area contributed by atoms with Crippen LogP contribution in [-0.2, 0) is 6.54 Å². The molecule has 0 aliphatic carbocycles. The Bertz CT molecular complexity index is 727. The van der Waals surface area contributed by atoms with Crippen LogP contribution in [0.3, 0.4) is 0 Å². The largest absolute Gasteiger partial charge is 0.491 e. The van der Waals surface area contributed by atoms with Gasteiger partial charge in [0.2, 0.25) is 0 Å². The minimum absolute atomic E-state index is 0.217. The predicted octanol–water partition coefficient (Wildman–Crippen LogP) is 2.48. The van der Waals surface area contributed by atoms with E-state index >= 15 is 0 Å². The lowest BCUT2D eigenvalue weighted by atomic mass is 10.3. The minimum Gasteiger partial charge on any atom is -0.491 e. The monoisotopic (exact) mass is 395 g/mol. The van der Waals surface area contributed by atoms with E-state index in [9.17, 15) is 5.11 Å². The van der Waals surface area contributed by atoms with E-state index in [-0.39, 0.29) is 6.61 Å². The average molecular weight is 395 g/mol. The molecule has 0 radical (unpaired) electrons. The van der Waals surface area contributed by atoms with Gasteiger partial charge in [-0.15, -0.1) is 5.10 Å². The number of ether oxygens (including phenoxy) is 1. The zero-order chi connectivity index (χ0) is 14.7. The van der Waals surface area contributed by atoms with Crippen molar-refractivity contribution in [2.45, 2.75) is 12.6 Å². The summed E-state index contributed by atoms with van der Waals surface area (Å²) >= 11 is 2.24. The Balaban J connectivity index is 1.61. The Morgan fingerprint density at radius 2 is 1.90 bits per heavy atom. The summed E-state index contributed by atoms with van der Waals surface area (Å²) in [5.74, 6) is 0.748. The number of nitrogens with zero attached hydrogens (tertiary/aromatic N) is 3. The van der Waals surface area contributed by atoms with Crippen LogP contribution in [-0.4, -0.2) is 32.8 Å². The van der Waals surface area contributed by atoms with Crippen molar-refractivity contribution in [3.05, 3.63) is 52.1 Å². The minimum atomic E-state index is -0.644. The maximum Gasteiger partial charge on any atom is 0.119 e. The number of fused-ring (bicyclic) bond motifs is 1. The molecule has 1 N–H and O–H groups in total. The molecule has 0 fully saturated rings. The van der Waals surface area contributed by atoms with Gasteiger partial charge in [-0.1, -0.05) is 17.3 Å². The molecule has 1 aromatic heterocycles. The highest BCUT2D eigenvalue weighted by molar-refractivity contribution is 14.1. The smallest absolute Gasteiger partial charge is 0.119 e. The number of rotatable bonds is 5. The Morgan fingerprint density at radius 3 is 2.71 bits per heavy atom. The van der Waals surface area contributed by atoms with Gasteiger partial charge in [0, 0.05) is 3.57 Å². The number of benzene rings is 2. The lowest BCUT2D eigenvalue weighted by Crippen LogP contribution is -2.24. The lowest BCUT2D eigenvalue weighted by Gasteiger charge is -2.12. The van der Waals surface area contributed by atoms with Crippen LogP contribution in [0, 0.1) is 3.57 Å². The first-order chi connectivity index (χ1) is 10.2. The van der Waals surface area contributed by atoms with Gasteiger partial charge in [-0.25, -0.2) is 4.68 Å². The maximum atomic E-state index is 10.1. The number of aliphatic hydroxyl groups is 1. The maximum absolute atomic E-state index is 10.1. The van der Waals surface area contributed by atoms with Gasteiger partial charge in [0.25, 0.3) is 0 Å². The molecule has 1 atom stereocenters. The van der Waals surface area contributed by atoms with Crippen molar-refractivity contribution < 1.29 is 9.84 Å². The molecule has 0 aliphatic heterocycles. The van der Waals surface area contributed by atoms with Crippen LogP contribution in [0.15, 0.2) is 48.5 Å². The van der Waals surface area contributed by atoms with E-state index < -0.39 is 6.10 Å². The molecule has 3 aromatic rings. The molecule has 0 saturated carbocycles. The zero-order valence-corrected chi connectivity index (χ0v) is 13.3. The summed E-state index contributed by atoms with van der Waals surface area (Å²) in [4.78, 5) is 0. The second-order valence-corrected chi connectivity index (χ2v) is 5.92. The van der Waals surface area contributed by atoms with Gasteiger partial charge in [-0.2, -0.15) is 0 Å². The Kier molecular flexibility index (Phi) is 4.35. The van der Waals surface area contributed by atoms with Crippen LogP contribution < -0.4 is 4.74 Å². The molecule has 0 spiro atoms. The number of para-hydroxylation sites is 1. The van der Waals surface area contributed by atoms with Crippen molar-refractivity contribution in [3.8, 4) is 5.75 Å². The van der Waals surface area contributed by atoms with Crippen LogP contribution >= 0.6 is 22.6 Å². The first-order valence-electron chi connectivity index (χ1n) is 6.57. The lowest BCUT2D eigenvalue weighted by molar-refractivity contribution is 0.0899. The molecule has 108 valence electrons. The van der Waals surface area contributed by atoms with Gasteiger partial charge in [0.15, 0.2) is 0 Å². The average Bonchev–Trinajstić information content (AvgIpc) is 2.90. The first-order valence-corrected chi connectivity index (χ1v) is 7.65. The number of aliphatic hydroxyl groups excluding tert-OH is 1. The van der Waals surface area contributed by atoms with Gasteiger partial charge in [-0.3, -0.25) is 0 Å². The Morgan fingerprint density at radius 1 is 1.14 bits per heavy atom. The van der Waals surface area contributed by atoms with Crippen LogP contribution in [0.4, 0.5) is 0 Å². The third kappa shape index (κ3) is 3.51. The van der Waals surface area contributed by atoms with Gasteiger partial charge in [0.05, 0.1) is 12.1 Å². The summed E-state index contributed by atoms with van der Waals surface area (Å²) < 4.78 is 8.41. The predicted molar refractivity (Wildman–Crippen MR) is 88.2 cm³/mol.